The second-order valence-electron chi connectivity index (χ2n) is 4.82. The van der Waals surface area contributed by atoms with E-state index in [1.165, 1.54) is 20.2 Å². The minimum atomic E-state index is -1.20. The number of aliphatic hydroxyl groups excluding tert-OH is 1. The largest absolute Gasteiger partial charge is 0.393 e. The second-order valence-corrected chi connectivity index (χ2v) is 4.82. The van der Waals surface area contributed by atoms with Crippen molar-refractivity contribution in [1.82, 2.24) is 14.9 Å². The average Bonchev–Trinajstić information content (AvgIpc) is 2.81. The molecular formula is C11H16N4O6. The lowest BCUT2D eigenvalue weighted by Crippen LogP contribution is -2.48. The van der Waals surface area contributed by atoms with Crippen LogP contribution in [0.25, 0.3) is 0 Å². The fourth-order valence-electron chi connectivity index (χ4n) is 2.49. The van der Waals surface area contributed by atoms with E-state index in [4.69, 9.17) is 4.74 Å². The van der Waals surface area contributed by atoms with Crippen LogP contribution in [-0.4, -0.2) is 51.4 Å². The van der Waals surface area contributed by atoms with Crippen LogP contribution in [0.4, 0.5) is 0 Å². The first-order valence-electron chi connectivity index (χ1n) is 6.29. The number of nitro groups is 1. The molecule has 4 atom stereocenters. The zero-order chi connectivity index (χ0) is 15.7. The topological polar surface area (TPSA) is 139 Å². The fraction of sp³-hybridized carbons (Fsp3) is 0.636. The summed E-state index contributed by atoms with van der Waals surface area (Å²) in [5.74, 6) is 0. The van der Waals surface area contributed by atoms with Gasteiger partial charge in [0, 0.05) is 16.7 Å². The number of aliphatic hydroxyl groups is 1. The van der Waals surface area contributed by atoms with Crippen LogP contribution in [0, 0.1) is 17.0 Å². The standard InChI is InChI=1S/C11H16N4O6/c1-5-3-14(11(18)13-9(5)17)10-7(12-2)8(15(19)20)6(4-16)21-10/h3,6-8,10,12,16H,4H2,1-2H3,(H,13,17,18)/t6-,7-,8-,10-/m1/s1. The van der Waals surface area contributed by atoms with Gasteiger partial charge in [-0.2, -0.15) is 0 Å². The number of likely N-dealkylation sites (N-methyl/N-ethyl adjacent to an activating group) is 1. The van der Waals surface area contributed by atoms with Gasteiger partial charge in [-0.3, -0.25) is 24.5 Å². The van der Waals surface area contributed by atoms with Crippen LogP contribution in [-0.2, 0) is 4.74 Å². The van der Waals surface area contributed by atoms with E-state index in [2.05, 4.69) is 10.3 Å². The second kappa shape index (κ2) is 5.76. The Morgan fingerprint density at radius 3 is 2.76 bits per heavy atom. The maximum Gasteiger partial charge on any atom is 0.330 e. The van der Waals surface area contributed by atoms with Crippen LogP contribution in [0.2, 0.25) is 0 Å². The molecule has 116 valence electrons. The molecule has 0 bridgehead atoms. The van der Waals surface area contributed by atoms with Gasteiger partial charge in [-0.05, 0) is 14.0 Å². The van der Waals surface area contributed by atoms with Gasteiger partial charge in [-0.25, -0.2) is 4.79 Å². The summed E-state index contributed by atoms with van der Waals surface area (Å²) >= 11 is 0. The van der Waals surface area contributed by atoms with Crippen LogP contribution in [0.15, 0.2) is 15.8 Å². The lowest BCUT2D eigenvalue weighted by atomic mass is 10.1. The molecule has 0 unspecified atom stereocenters. The Labute approximate surface area is 118 Å². The Balaban J connectivity index is 2.49. The van der Waals surface area contributed by atoms with E-state index in [1.807, 2.05) is 0 Å². The zero-order valence-corrected chi connectivity index (χ0v) is 11.5. The highest BCUT2D eigenvalue weighted by atomic mass is 16.6. The predicted molar refractivity (Wildman–Crippen MR) is 70.7 cm³/mol. The molecule has 0 aliphatic carbocycles. The van der Waals surface area contributed by atoms with Gasteiger partial charge in [0.15, 0.2) is 12.3 Å². The molecule has 0 saturated carbocycles. The molecular weight excluding hydrogens is 284 g/mol. The number of hydrogen-bond donors (Lipinski definition) is 3. The summed E-state index contributed by atoms with van der Waals surface area (Å²) < 4.78 is 6.52. The first-order chi connectivity index (χ1) is 9.90. The van der Waals surface area contributed by atoms with Gasteiger partial charge in [-0.15, -0.1) is 0 Å². The van der Waals surface area contributed by atoms with E-state index in [9.17, 15) is 24.8 Å². The number of H-pyrrole nitrogens is 1. The summed E-state index contributed by atoms with van der Waals surface area (Å²) in [5, 5.41) is 23.1. The van der Waals surface area contributed by atoms with Crippen molar-refractivity contribution < 1.29 is 14.8 Å². The molecule has 0 amide bonds. The highest BCUT2D eigenvalue weighted by Gasteiger charge is 2.52. The monoisotopic (exact) mass is 300 g/mol. The summed E-state index contributed by atoms with van der Waals surface area (Å²) in [7, 11) is 1.50. The van der Waals surface area contributed by atoms with Crippen molar-refractivity contribution >= 4 is 0 Å². The van der Waals surface area contributed by atoms with Gasteiger partial charge in [-0.1, -0.05) is 0 Å². The number of aryl methyl sites for hydroxylation is 1. The minimum Gasteiger partial charge on any atom is -0.393 e. The molecule has 0 aromatic carbocycles. The summed E-state index contributed by atoms with van der Waals surface area (Å²) in [5.41, 5.74) is -0.977. The summed E-state index contributed by atoms with van der Waals surface area (Å²) in [6.07, 6.45) is -0.750. The molecule has 1 saturated heterocycles. The van der Waals surface area contributed by atoms with Crippen molar-refractivity contribution in [1.29, 1.82) is 0 Å². The van der Waals surface area contributed by atoms with Crippen molar-refractivity contribution in [3.8, 4) is 0 Å². The summed E-state index contributed by atoms with van der Waals surface area (Å²) in [6.45, 7) is 0.962. The summed E-state index contributed by atoms with van der Waals surface area (Å²) in [4.78, 5) is 36.0. The van der Waals surface area contributed by atoms with Gasteiger partial charge < -0.3 is 15.2 Å². The van der Waals surface area contributed by atoms with Crippen LogP contribution in [0.1, 0.15) is 11.8 Å². The first kappa shape index (κ1) is 15.4. The van der Waals surface area contributed by atoms with E-state index in [0.717, 1.165) is 4.57 Å². The van der Waals surface area contributed by atoms with E-state index in [1.54, 1.807) is 0 Å². The molecule has 0 spiro atoms. The number of aromatic nitrogens is 2. The van der Waals surface area contributed by atoms with Gasteiger partial charge in [0.05, 0.1) is 6.61 Å². The fourth-order valence-corrected chi connectivity index (χ4v) is 2.49. The third-order valence-electron chi connectivity index (χ3n) is 3.55. The zero-order valence-electron chi connectivity index (χ0n) is 11.5. The highest BCUT2D eigenvalue weighted by molar-refractivity contribution is 5.04. The predicted octanol–water partition coefficient (Wildman–Crippen LogP) is -2.03. The first-order valence-corrected chi connectivity index (χ1v) is 6.29. The molecule has 2 heterocycles. The van der Waals surface area contributed by atoms with Gasteiger partial charge in [0.25, 0.3) is 11.6 Å². The molecule has 1 aliphatic heterocycles. The van der Waals surface area contributed by atoms with Crippen LogP contribution in [0.5, 0.6) is 0 Å². The van der Waals surface area contributed by atoms with Crippen LogP contribution >= 0.6 is 0 Å². The van der Waals surface area contributed by atoms with Crippen molar-refractivity contribution in [2.45, 2.75) is 31.3 Å². The molecule has 1 aliphatic rings. The average molecular weight is 300 g/mol. The van der Waals surface area contributed by atoms with E-state index in [0.29, 0.717) is 0 Å². The maximum atomic E-state index is 11.9. The molecule has 0 radical (unpaired) electrons. The molecule has 21 heavy (non-hydrogen) atoms. The normalized spacial score (nSPS) is 28.7. The smallest absolute Gasteiger partial charge is 0.330 e. The lowest BCUT2D eigenvalue weighted by Gasteiger charge is -2.20. The summed E-state index contributed by atoms with van der Waals surface area (Å²) in [6, 6.07) is -2.02. The van der Waals surface area contributed by atoms with Crippen LogP contribution < -0.4 is 16.6 Å². The number of aromatic amines is 1. The minimum absolute atomic E-state index is 0.276. The number of nitrogens with zero attached hydrogens (tertiary/aromatic N) is 2. The third kappa shape index (κ3) is 2.60. The maximum absolute atomic E-state index is 11.9. The Morgan fingerprint density at radius 2 is 2.24 bits per heavy atom. The van der Waals surface area contributed by atoms with Crippen molar-refractivity contribution in [3.63, 3.8) is 0 Å². The molecule has 2 rings (SSSR count). The van der Waals surface area contributed by atoms with E-state index >= 15 is 0 Å². The van der Waals surface area contributed by atoms with Gasteiger partial charge >= 0.3 is 5.69 Å². The SMILES string of the molecule is CN[C@@H]1[C@H]([N+](=O)[O-])[C@@H](CO)O[C@H]1n1cc(C)c(=O)[nH]c1=O. The lowest BCUT2D eigenvalue weighted by molar-refractivity contribution is -0.530. The molecule has 1 fully saturated rings. The quantitative estimate of drug-likeness (QED) is 0.430. The number of hydrogen-bond acceptors (Lipinski definition) is 7. The van der Waals surface area contributed by atoms with Crippen molar-refractivity contribution in [2.75, 3.05) is 13.7 Å². The van der Waals surface area contributed by atoms with Crippen molar-refractivity contribution in [3.05, 3.63) is 42.7 Å². The Morgan fingerprint density at radius 1 is 1.57 bits per heavy atom. The van der Waals surface area contributed by atoms with E-state index < -0.39 is 47.2 Å². The number of ether oxygens (including phenoxy) is 1. The van der Waals surface area contributed by atoms with Gasteiger partial charge in [0.1, 0.15) is 6.04 Å². The van der Waals surface area contributed by atoms with Crippen LogP contribution in [0.3, 0.4) is 0 Å². The Kier molecular flexibility index (Phi) is 4.21. The van der Waals surface area contributed by atoms with Crippen molar-refractivity contribution in [2.24, 2.45) is 0 Å². The number of nitrogens with one attached hydrogen (secondary N) is 2. The Hall–Kier alpha value is -2.04. The third-order valence-corrected chi connectivity index (χ3v) is 3.55. The van der Waals surface area contributed by atoms with E-state index in [-0.39, 0.29) is 5.56 Å². The molecule has 3 N–H and O–H groups in total. The van der Waals surface area contributed by atoms with Gasteiger partial charge in [0.2, 0.25) is 0 Å². The molecule has 1 aromatic heterocycles. The number of rotatable bonds is 4. The highest BCUT2D eigenvalue weighted by Crippen LogP contribution is 2.29. The molecule has 1 aromatic rings. The molecule has 10 nitrogen and oxygen atoms in total. The Bertz CT molecular complexity index is 653. The molecule has 10 heteroatoms.